The fourth-order valence-corrected chi connectivity index (χ4v) is 6.11. The van der Waals surface area contributed by atoms with E-state index in [4.69, 9.17) is 0 Å². The van der Waals surface area contributed by atoms with E-state index in [0.29, 0.717) is 0 Å². The standard InChI is InChI=1S/C31H22/c1-31(2)29-26-15-14-19-8-3-5-11-22(19)24(26)16-17-27(29)25-13-7-10-21-18-20-9-4-6-12-23(20)30(31)28(21)25/h3-18H,1-2H3. The third kappa shape index (κ3) is 2.10. The second-order valence-electron chi connectivity index (χ2n) is 9.37. The van der Waals surface area contributed by atoms with Crippen molar-refractivity contribution in [3.8, 4) is 11.1 Å². The predicted molar refractivity (Wildman–Crippen MR) is 134 cm³/mol. The second kappa shape index (κ2) is 5.74. The predicted octanol–water partition coefficient (Wildman–Crippen LogP) is 8.61. The van der Waals surface area contributed by atoms with E-state index in [0.717, 1.165) is 0 Å². The molecule has 1 aliphatic carbocycles. The molecule has 0 heterocycles. The summed E-state index contributed by atoms with van der Waals surface area (Å²) in [5.74, 6) is 0. The van der Waals surface area contributed by atoms with Gasteiger partial charge in [0.15, 0.2) is 0 Å². The molecule has 0 aromatic heterocycles. The van der Waals surface area contributed by atoms with E-state index in [-0.39, 0.29) is 5.41 Å². The maximum atomic E-state index is 2.41. The van der Waals surface area contributed by atoms with Crippen LogP contribution >= 0.6 is 0 Å². The smallest absolute Gasteiger partial charge is 0.0171 e. The molecule has 0 atom stereocenters. The summed E-state index contributed by atoms with van der Waals surface area (Å²) in [5.41, 5.74) is 5.55. The summed E-state index contributed by atoms with van der Waals surface area (Å²) in [6.07, 6.45) is 0. The highest BCUT2D eigenvalue weighted by atomic mass is 14.4. The fourth-order valence-electron chi connectivity index (χ4n) is 6.11. The third-order valence-corrected chi connectivity index (χ3v) is 7.35. The zero-order chi connectivity index (χ0) is 20.7. The molecular formula is C31H22. The first-order valence-corrected chi connectivity index (χ1v) is 11.0. The van der Waals surface area contributed by atoms with Gasteiger partial charge in [-0.05, 0) is 71.4 Å². The highest BCUT2D eigenvalue weighted by Crippen LogP contribution is 2.53. The van der Waals surface area contributed by atoms with Crippen molar-refractivity contribution < 1.29 is 0 Å². The van der Waals surface area contributed by atoms with E-state index in [1.807, 2.05) is 0 Å². The first-order chi connectivity index (χ1) is 15.1. The molecule has 0 fully saturated rings. The van der Waals surface area contributed by atoms with Gasteiger partial charge in [-0.15, -0.1) is 0 Å². The van der Waals surface area contributed by atoms with E-state index in [2.05, 4.69) is 111 Å². The molecule has 146 valence electrons. The highest BCUT2D eigenvalue weighted by molar-refractivity contribution is 6.16. The summed E-state index contributed by atoms with van der Waals surface area (Å²) < 4.78 is 0. The average Bonchev–Trinajstić information content (AvgIpc) is 2.80. The van der Waals surface area contributed by atoms with Gasteiger partial charge in [0.25, 0.3) is 0 Å². The molecule has 6 aromatic carbocycles. The minimum atomic E-state index is -0.106. The molecule has 0 bridgehead atoms. The lowest BCUT2D eigenvalue weighted by atomic mass is 9.65. The molecular weight excluding hydrogens is 372 g/mol. The molecule has 0 amide bonds. The Morgan fingerprint density at radius 3 is 2.03 bits per heavy atom. The van der Waals surface area contributed by atoms with Crippen LogP contribution in [0.2, 0.25) is 0 Å². The van der Waals surface area contributed by atoms with Gasteiger partial charge in [-0.2, -0.15) is 0 Å². The molecule has 6 aromatic rings. The van der Waals surface area contributed by atoms with Crippen LogP contribution in [-0.4, -0.2) is 0 Å². The Morgan fingerprint density at radius 2 is 1.16 bits per heavy atom. The molecule has 0 nitrogen and oxygen atoms in total. The zero-order valence-electron chi connectivity index (χ0n) is 17.7. The summed E-state index contributed by atoms with van der Waals surface area (Å²) in [4.78, 5) is 0. The van der Waals surface area contributed by atoms with Crippen LogP contribution in [0.25, 0.3) is 54.2 Å². The molecule has 7 rings (SSSR count). The normalized spacial score (nSPS) is 14.4. The van der Waals surface area contributed by atoms with Gasteiger partial charge in [0.1, 0.15) is 0 Å². The van der Waals surface area contributed by atoms with Gasteiger partial charge in [-0.1, -0.05) is 105 Å². The quantitative estimate of drug-likeness (QED) is 0.179. The van der Waals surface area contributed by atoms with Crippen LogP contribution in [-0.2, 0) is 5.41 Å². The summed E-state index contributed by atoms with van der Waals surface area (Å²) in [6.45, 7) is 4.83. The first-order valence-electron chi connectivity index (χ1n) is 11.0. The second-order valence-corrected chi connectivity index (χ2v) is 9.37. The van der Waals surface area contributed by atoms with Crippen molar-refractivity contribution in [2.45, 2.75) is 19.3 Å². The van der Waals surface area contributed by atoms with Gasteiger partial charge in [0.2, 0.25) is 0 Å². The molecule has 0 unspecified atom stereocenters. The van der Waals surface area contributed by atoms with Crippen LogP contribution in [0.4, 0.5) is 0 Å². The molecule has 0 radical (unpaired) electrons. The number of fused-ring (bicyclic) bond motifs is 8. The van der Waals surface area contributed by atoms with Crippen molar-refractivity contribution in [3.05, 3.63) is 108 Å². The Hall–Kier alpha value is -3.64. The van der Waals surface area contributed by atoms with E-state index >= 15 is 0 Å². The third-order valence-electron chi connectivity index (χ3n) is 7.35. The fraction of sp³-hybridized carbons (Fsp3) is 0.0968. The molecule has 0 N–H and O–H groups in total. The van der Waals surface area contributed by atoms with Crippen LogP contribution in [0.1, 0.15) is 25.0 Å². The summed E-state index contributed by atoms with van der Waals surface area (Å²) in [6, 6.07) is 36.1. The van der Waals surface area contributed by atoms with Gasteiger partial charge in [-0.25, -0.2) is 0 Å². The van der Waals surface area contributed by atoms with Gasteiger partial charge in [0.05, 0.1) is 0 Å². The van der Waals surface area contributed by atoms with Crippen LogP contribution in [0.3, 0.4) is 0 Å². The number of benzene rings is 6. The van der Waals surface area contributed by atoms with Crippen molar-refractivity contribution in [3.63, 3.8) is 0 Å². The van der Waals surface area contributed by atoms with Gasteiger partial charge >= 0.3 is 0 Å². The molecule has 0 saturated carbocycles. The zero-order valence-corrected chi connectivity index (χ0v) is 17.7. The van der Waals surface area contributed by atoms with Crippen LogP contribution in [0.5, 0.6) is 0 Å². The molecule has 0 heteroatoms. The van der Waals surface area contributed by atoms with Crippen LogP contribution < -0.4 is 0 Å². The topological polar surface area (TPSA) is 0 Å². The minimum Gasteiger partial charge on any atom is -0.0616 e. The van der Waals surface area contributed by atoms with Crippen molar-refractivity contribution in [1.29, 1.82) is 0 Å². The van der Waals surface area contributed by atoms with E-state index in [1.54, 1.807) is 0 Å². The highest BCUT2D eigenvalue weighted by Gasteiger charge is 2.36. The van der Waals surface area contributed by atoms with Crippen molar-refractivity contribution in [2.75, 3.05) is 0 Å². The Morgan fingerprint density at radius 1 is 0.452 bits per heavy atom. The maximum Gasteiger partial charge on any atom is 0.0171 e. The van der Waals surface area contributed by atoms with Crippen LogP contribution in [0.15, 0.2) is 97.1 Å². The van der Waals surface area contributed by atoms with Crippen molar-refractivity contribution in [2.24, 2.45) is 0 Å². The Balaban J connectivity index is 1.74. The Bertz CT molecular complexity index is 1700. The molecule has 0 saturated heterocycles. The Labute approximate surface area is 181 Å². The summed E-state index contributed by atoms with van der Waals surface area (Å²) >= 11 is 0. The van der Waals surface area contributed by atoms with E-state index in [9.17, 15) is 0 Å². The largest absolute Gasteiger partial charge is 0.0616 e. The van der Waals surface area contributed by atoms with Crippen LogP contribution in [0, 0.1) is 0 Å². The van der Waals surface area contributed by atoms with Gasteiger partial charge in [0, 0.05) is 5.41 Å². The maximum absolute atomic E-state index is 2.41. The van der Waals surface area contributed by atoms with Crippen molar-refractivity contribution in [1.82, 2.24) is 0 Å². The minimum absolute atomic E-state index is 0.106. The van der Waals surface area contributed by atoms with Crippen molar-refractivity contribution >= 4 is 43.1 Å². The SMILES string of the molecule is CC1(C)c2c(ccc3c2ccc2ccccc23)-c2cccc3cc4ccccc4c1c23. The van der Waals surface area contributed by atoms with Gasteiger partial charge in [-0.3, -0.25) is 0 Å². The lowest BCUT2D eigenvalue weighted by Gasteiger charge is -2.37. The lowest BCUT2D eigenvalue weighted by Crippen LogP contribution is -2.24. The van der Waals surface area contributed by atoms with E-state index < -0.39 is 0 Å². The Kier molecular flexibility index (Phi) is 3.16. The molecule has 0 aliphatic heterocycles. The average molecular weight is 395 g/mol. The van der Waals surface area contributed by atoms with Gasteiger partial charge < -0.3 is 0 Å². The summed E-state index contributed by atoms with van der Waals surface area (Å²) in [5, 5.41) is 10.8. The number of hydrogen-bond donors (Lipinski definition) is 0. The molecule has 0 spiro atoms. The van der Waals surface area contributed by atoms with E-state index in [1.165, 1.54) is 65.3 Å². The number of rotatable bonds is 0. The number of hydrogen-bond acceptors (Lipinski definition) is 0. The lowest BCUT2D eigenvalue weighted by molar-refractivity contribution is 0.657. The molecule has 31 heavy (non-hydrogen) atoms. The first kappa shape index (κ1) is 17.1. The monoisotopic (exact) mass is 394 g/mol. The summed E-state index contributed by atoms with van der Waals surface area (Å²) in [7, 11) is 0. The molecule has 1 aliphatic rings.